The number of anilines is 1. The molecular weight excluding hydrogens is 338 g/mol. The van der Waals surface area contributed by atoms with Gasteiger partial charge in [-0.05, 0) is 25.3 Å². The molecule has 1 unspecified atom stereocenters. The molecule has 3 rings (SSSR count). The summed E-state index contributed by atoms with van der Waals surface area (Å²) in [5, 5.41) is 3.16. The minimum absolute atomic E-state index is 0.190. The highest BCUT2D eigenvalue weighted by Gasteiger charge is 2.28. The molecule has 1 saturated heterocycles. The number of imidazole rings is 1. The van der Waals surface area contributed by atoms with Gasteiger partial charge in [0.1, 0.15) is 16.9 Å². The van der Waals surface area contributed by atoms with Gasteiger partial charge in [-0.1, -0.05) is 24.3 Å². The Balaban J connectivity index is 2.15. The molecule has 128 valence electrons. The third-order valence-electron chi connectivity index (χ3n) is 3.75. The van der Waals surface area contributed by atoms with Crippen molar-refractivity contribution in [2.24, 2.45) is 0 Å². The third kappa shape index (κ3) is 3.27. The first-order valence-corrected chi connectivity index (χ1v) is 8.02. The second-order valence-electron chi connectivity index (χ2n) is 5.37. The fourth-order valence-corrected chi connectivity index (χ4v) is 2.92. The van der Waals surface area contributed by atoms with E-state index in [1.165, 1.54) is 4.57 Å². The summed E-state index contributed by atoms with van der Waals surface area (Å²) >= 11 is 6.07. The van der Waals surface area contributed by atoms with Crippen LogP contribution in [0.5, 0.6) is 0 Å². The van der Waals surface area contributed by atoms with E-state index in [9.17, 15) is 8.78 Å². The Labute approximate surface area is 143 Å². The summed E-state index contributed by atoms with van der Waals surface area (Å²) in [6.07, 6.45) is 4.10. The number of fused-ring (bicyclic) bond motifs is 1. The van der Waals surface area contributed by atoms with E-state index in [4.69, 9.17) is 16.3 Å². The number of alkyl halides is 2. The molecule has 1 fully saturated rings. The van der Waals surface area contributed by atoms with E-state index < -0.39 is 12.7 Å². The van der Waals surface area contributed by atoms with Crippen molar-refractivity contribution < 1.29 is 13.5 Å². The fourth-order valence-electron chi connectivity index (χ4n) is 2.73. The quantitative estimate of drug-likeness (QED) is 0.617. The molecule has 8 heteroatoms. The minimum atomic E-state index is -2.74. The van der Waals surface area contributed by atoms with Crippen LogP contribution in [0.2, 0.25) is 5.15 Å². The Bertz CT molecular complexity index is 769. The Morgan fingerprint density at radius 1 is 1.42 bits per heavy atom. The molecule has 0 radical (unpaired) electrons. The number of nitrogens with zero attached hydrogens (tertiary/aromatic N) is 3. The van der Waals surface area contributed by atoms with Crippen molar-refractivity contribution in [1.29, 1.82) is 0 Å². The molecule has 0 amide bonds. The SMILES string of the molecule is C=C/C=C/Nc1cc(Cl)nc2c1nc(C(F)F)n2C1CCCCO1. The molecule has 1 atom stereocenters. The van der Waals surface area contributed by atoms with Crippen molar-refractivity contribution in [3.8, 4) is 0 Å². The number of nitrogens with one attached hydrogen (secondary N) is 1. The van der Waals surface area contributed by atoms with Gasteiger partial charge in [0.2, 0.25) is 0 Å². The summed E-state index contributed by atoms with van der Waals surface area (Å²) in [5.74, 6) is -0.359. The van der Waals surface area contributed by atoms with E-state index in [0.29, 0.717) is 29.9 Å². The standard InChI is InChI=1S/C16H17ClF2N4O/c1-2-3-7-20-10-9-11(17)21-15-13(10)22-16(14(18)19)23(15)12-6-4-5-8-24-12/h2-3,7,9,12,14H,1,4-6,8H2,(H,20,21)/b7-3+. The topological polar surface area (TPSA) is 52.0 Å². The molecule has 1 N–H and O–H groups in total. The number of aromatic nitrogens is 3. The second kappa shape index (κ2) is 7.27. The van der Waals surface area contributed by atoms with E-state index in [1.54, 1.807) is 24.4 Å². The number of pyridine rings is 1. The number of rotatable bonds is 5. The first-order chi connectivity index (χ1) is 11.6. The van der Waals surface area contributed by atoms with Gasteiger partial charge in [-0.2, -0.15) is 0 Å². The van der Waals surface area contributed by atoms with Gasteiger partial charge < -0.3 is 10.1 Å². The number of hydrogen-bond acceptors (Lipinski definition) is 4. The molecule has 0 spiro atoms. The lowest BCUT2D eigenvalue weighted by Crippen LogP contribution is -2.20. The molecule has 24 heavy (non-hydrogen) atoms. The smallest absolute Gasteiger partial charge is 0.295 e. The molecule has 1 aliphatic rings. The average molecular weight is 355 g/mol. The van der Waals surface area contributed by atoms with Gasteiger partial charge in [0, 0.05) is 18.9 Å². The van der Waals surface area contributed by atoms with Crippen molar-refractivity contribution in [3.63, 3.8) is 0 Å². The molecular formula is C16H17ClF2N4O. The van der Waals surface area contributed by atoms with Crippen LogP contribution in [0.1, 0.15) is 37.7 Å². The van der Waals surface area contributed by atoms with Gasteiger partial charge in [-0.15, -0.1) is 0 Å². The molecule has 1 aliphatic heterocycles. The maximum absolute atomic E-state index is 13.5. The van der Waals surface area contributed by atoms with Gasteiger partial charge in [0.25, 0.3) is 6.43 Å². The van der Waals surface area contributed by atoms with E-state index in [1.807, 2.05) is 0 Å². The monoisotopic (exact) mass is 354 g/mol. The third-order valence-corrected chi connectivity index (χ3v) is 3.95. The molecule has 0 aliphatic carbocycles. The normalized spacial score (nSPS) is 18.6. The Hall–Kier alpha value is -1.99. The van der Waals surface area contributed by atoms with Crippen LogP contribution in [0.3, 0.4) is 0 Å². The zero-order valence-electron chi connectivity index (χ0n) is 12.9. The predicted octanol–water partition coefficient (Wildman–Crippen LogP) is 4.83. The molecule has 0 aromatic carbocycles. The maximum Gasteiger partial charge on any atom is 0.295 e. The zero-order chi connectivity index (χ0) is 17.1. The molecule has 2 aromatic rings. The number of ether oxygens (including phenoxy) is 1. The molecule has 0 bridgehead atoms. The van der Waals surface area contributed by atoms with Crippen LogP contribution in [-0.2, 0) is 4.74 Å². The van der Waals surface area contributed by atoms with Crippen LogP contribution in [-0.4, -0.2) is 21.1 Å². The van der Waals surface area contributed by atoms with Gasteiger partial charge in [0.05, 0.1) is 5.69 Å². The summed E-state index contributed by atoms with van der Waals surface area (Å²) in [6, 6.07) is 1.55. The lowest BCUT2D eigenvalue weighted by molar-refractivity contribution is -0.0363. The highest BCUT2D eigenvalue weighted by Crippen LogP contribution is 2.35. The zero-order valence-corrected chi connectivity index (χ0v) is 13.6. The minimum Gasteiger partial charge on any atom is -0.360 e. The van der Waals surface area contributed by atoms with Crippen molar-refractivity contribution in [1.82, 2.24) is 14.5 Å². The van der Waals surface area contributed by atoms with Gasteiger partial charge in [-0.3, -0.25) is 4.57 Å². The molecule has 2 aromatic heterocycles. The van der Waals surface area contributed by atoms with Crippen LogP contribution in [0.15, 0.2) is 31.0 Å². The summed E-state index contributed by atoms with van der Waals surface area (Å²) in [6.45, 7) is 4.10. The summed E-state index contributed by atoms with van der Waals surface area (Å²) in [4.78, 5) is 8.31. The molecule has 5 nitrogen and oxygen atoms in total. The lowest BCUT2D eigenvalue weighted by Gasteiger charge is -2.25. The molecule has 0 saturated carbocycles. The first-order valence-electron chi connectivity index (χ1n) is 7.64. The van der Waals surface area contributed by atoms with E-state index in [2.05, 4.69) is 21.9 Å². The number of hydrogen-bond donors (Lipinski definition) is 1. The average Bonchev–Trinajstić information content (AvgIpc) is 2.95. The van der Waals surface area contributed by atoms with Crippen molar-refractivity contribution in [2.75, 3.05) is 11.9 Å². The highest BCUT2D eigenvalue weighted by molar-refractivity contribution is 6.30. The van der Waals surface area contributed by atoms with Crippen LogP contribution < -0.4 is 5.32 Å². The van der Waals surface area contributed by atoms with Gasteiger partial charge in [-0.25, -0.2) is 18.7 Å². The van der Waals surface area contributed by atoms with Gasteiger partial charge in [0.15, 0.2) is 11.5 Å². The second-order valence-corrected chi connectivity index (χ2v) is 5.75. The van der Waals surface area contributed by atoms with E-state index >= 15 is 0 Å². The van der Waals surface area contributed by atoms with E-state index in [-0.39, 0.29) is 11.0 Å². The number of allylic oxidation sites excluding steroid dienone is 2. The van der Waals surface area contributed by atoms with Crippen molar-refractivity contribution in [3.05, 3.63) is 42.0 Å². The Morgan fingerprint density at radius 2 is 2.25 bits per heavy atom. The predicted molar refractivity (Wildman–Crippen MR) is 89.3 cm³/mol. The maximum atomic E-state index is 13.5. The highest BCUT2D eigenvalue weighted by atomic mass is 35.5. The van der Waals surface area contributed by atoms with Crippen molar-refractivity contribution in [2.45, 2.75) is 31.9 Å². The Kier molecular flexibility index (Phi) is 5.11. The van der Waals surface area contributed by atoms with Crippen LogP contribution >= 0.6 is 11.6 Å². The van der Waals surface area contributed by atoms with Crippen LogP contribution in [0, 0.1) is 0 Å². The summed E-state index contributed by atoms with van der Waals surface area (Å²) < 4.78 is 34.1. The van der Waals surface area contributed by atoms with Crippen molar-refractivity contribution >= 4 is 28.5 Å². The first kappa shape index (κ1) is 16.9. The fraction of sp³-hybridized carbons (Fsp3) is 0.375. The summed E-state index contributed by atoms with van der Waals surface area (Å²) in [7, 11) is 0. The van der Waals surface area contributed by atoms with Crippen LogP contribution in [0.4, 0.5) is 14.5 Å². The van der Waals surface area contributed by atoms with Crippen LogP contribution in [0.25, 0.3) is 11.2 Å². The lowest BCUT2D eigenvalue weighted by atomic mass is 10.2. The Morgan fingerprint density at radius 3 is 2.92 bits per heavy atom. The summed E-state index contributed by atoms with van der Waals surface area (Å²) in [5.41, 5.74) is 1.12. The van der Waals surface area contributed by atoms with E-state index in [0.717, 1.165) is 12.8 Å². The number of halogens is 3. The molecule has 3 heterocycles. The largest absolute Gasteiger partial charge is 0.360 e. The van der Waals surface area contributed by atoms with Gasteiger partial charge >= 0.3 is 0 Å².